The smallest absolute Gasteiger partial charge is 0.407 e. The first-order valence-corrected chi connectivity index (χ1v) is 11.7. The predicted octanol–water partition coefficient (Wildman–Crippen LogP) is 4.86. The highest BCUT2D eigenvalue weighted by Crippen LogP contribution is 2.31. The van der Waals surface area contributed by atoms with Gasteiger partial charge >= 0.3 is 6.09 Å². The number of aromatic nitrogens is 2. The van der Waals surface area contributed by atoms with Crippen molar-refractivity contribution in [2.75, 3.05) is 24.6 Å². The van der Waals surface area contributed by atoms with E-state index in [-0.39, 0.29) is 12.6 Å². The number of benzene rings is 1. The lowest BCUT2D eigenvalue weighted by Gasteiger charge is -2.35. The molecule has 1 aliphatic rings. The van der Waals surface area contributed by atoms with E-state index in [1.54, 1.807) is 12.2 Å². The van der Waals surface area contributed by atoms with Crippen LogP contribution in [-0.2, 0) is 4.74 Å². The number of nitrogens with one attached hydrogen (secondary N) is 1. The Bertz CT molecular complexity index is 1120. The number of alkyl carbamates (subject to hydrolysis) is 1. The zero-order valence-electron chi connectivity index (χ0n) is 20.9. The Balaban J connectivity index is 1.94. The van der Waals surface area contributed by atoms with Crippen LogP contribution in [-0.4, -0.2) is 52.5 Å². The van der Waals surface area contributed by atoms with Gasteiger partial charge in [-0.3, -0.25) is 0 Å². The number of fused-ring (bicyclic) bond motifs is 1. The fraction of sp³-hybridized carbons (Fsp3) is 0.444. The van der Waals surface area contributed by atoms with Crippen LogP contribution in [0.3, 0.4) is 0 Å². The predicted molar refractivity (Wildman–Crippen MR) is 138 cm³/mol. The molecule has 34 heavy (non-hydrogen) atoms. The van der Waals surface area contributed by atoms with Gasteiger partial charge in [0.2, 0.25) is 0 Å². The zero-order chi connectivity index (χ0) is 24.9. The number of aliphatic hydroxyl groups excluding tert-OH is 1. The van der Waals surface area contributed by atoms with Gasteiger partial charge in [0.15, 0.2) is 5.82 Å². The Labute approximate surface area is 202 Å². The van der Waals surface area contributed by atoms with E-state index in [1.165, 1.54) is 5.56 Å². The molecule has 1 amide bonds. The molecule has 2 aromatic rings. The molecule has 3 rings (SSSR count). The number of piperidine rings is 1. The second-order valence-corrected chi connectivity index (χ2v) is 9.70. The molecule has 2 heterocycles. The van der Waals surface area contributed by atoms with Crippen LogP contribution in [0, 0.1) is 13.8 Å². The van der Waals surface area contributed by atoms with E-state index in [2.05, 4.69) is 42.8 Å². The van der Waals surface area contributed by atoms with Crippen LogP contribution < -0.4 is 10.2 Å². The third-order valence-electron chi connectivity index (χ3n) is 5.75. The molecular weight excluding hydrogens is 428 g/mol. The summed E-state index contributed by atoms with van der Waals surface area (Å²) in [5, 5.41) is 12.9. The van der Waals surface area contributed by atoms with E-state index in [9.17, 15) is 4.79 Å². The van der Waals surface area contributed by atoms with Crippen molar-refractivity contribution in [2.24, 2.45) is 0 Å². The Hall–Kier alpha value is -3.19. The number of carbonyl (C=O) groups excluding carboxylic acids is 1. The van der Waals surface area contributed by atoms with Crippen molar-refractivity contribution < 1.29 is 14.6 Å². The summed E-state index contributed by atoms with van der Waals surface area (Å²) in [4.78, 5) is 24.3. The van der Waals surface area contributed by atoms with E-state index in [4.69, 9.17) is 19.8 Å². The average Bonchev–Trinajstić information content (AvgIpc) is 2.77. The molecule has 1 saturated heterocycles. The number of hydrogen-bond donors (Lipinski definition) is 2. The van der Waals surface area contributed by atoms with E-state index in [0.29, 0.717) is 17.9 Å². The minimum absolute atomic E-state index is 0.0145. The largest absolute Gasteiger partial charge is 0.444 e. The quantitative estimate of drug-likeness (QED) is 0.594. The number of anilines is 1. The molecule has 0 saturated carbocycles. The Morgan fingerprint density at radius 1 is 1.29 bits per heavy atom. The summed E-state index contributed by atoms with van der Waals surface area (Å²) in [7, 11) is 0. The second-order valence-electron chi connectivity index (χ2n) is 9.70. The highest BCUT2D eigenvalue weighted by atomic mass is 16.6. The molecule has 1 aromatic heterocycles. The van der Waals surface area contributed by atoms with Crippen LogP contribution in [0.4, 0.5) is 10.6 Å². The van der Waals surface area contributed by atoms with Crippen LogP contribution in [0.15, 0.2) is 43.0 Å². The lowest BCUT2D eigenvalue weighted by Crippen LogP contribution is -2.49. The molecule has 1 fully saturated rings. The number of aliphatic hydroxyl groups is 1. The molecule has 7 nitrogen and oxygen atoms in total. The van der Waals surface area contributed by atoms with Gasteiger partial charge in [-0.2, -0.15) is 0 Å². The summed E-state index contributed by atoms with van der Waals surface area (Å²) in [6, 6.07) is 4.14. The molecule has 1 atom stereocenters. The SMILES string of the molecule is C=C(/C=C\C=C/CO)c1nc(N2CCCC(NC(=O)OC(C)(C)C)C2)c2ccc(C)c(C)c2n1. The number of allylic oxidation sites excluding steroid dienone is 4. The van der Waals surface area contributed by atoms with Gasteiger partial charge in [-0.25, -0.2) is 14.8 Å². The molecule has 7 heteroatoms. The molecule has 0 spiro atoms. The number of amides is 1. The van der Waals surface area contributed by atoms with Gasteiger partial charge in [0.25, 0.3) is 0 Å². The highest BCUT2D eigenvalue weighted by Gasteiger charge is 2.26. The molecule has 1 aliphatic heterocycles. The van der Waals surface area contributed by atoms with E-state index in [1.807, 2.05) is 32.9 Å². The lowest BCUT2D eigenvalue weighted by molar-refractivity contribution is 0.0500. The molecule has 0 radical (unpaired) electrons. The van der Waals surface area contributed by atoms with E-state index in [0.717, 1.165) is 41.7 Å². The third-order valence-corrected chi connectivity index (χ3v) is 5.75. The van der Waals surface area contributed by atoms with Crippen LogP contribution in [0.2, 0.25) is 0 Å². The third kappa shape index (κ3) is 6.44. The number of rotatable bonds is 6. The topological polar surface area (TPSA) is 87.6 Å². The maximum atomic E-state index is 12.3. The molecule has 0 bridgehead atoms. The minimum atomic E-state index is -0.536. The van der Waals surface area contributed by atoms with Crippen molar-refractivity contribution in [3.8, 4) is 0 Å². The number of hydrogen-bond acceptors (Lipinski definition) is 6. The molecular formula is C27H36N4O3. The maximum absolute atomic E-state index is 12.3. The fourth-order valence-electron chi connectivity index (χ4n) is 3.95. The van der Waals surface area contributed by atoms with Gasteiger partial charge in [0.1, 0.15) is 11.4 Å². The first-order chi connectivity index (χ1) is 16.1. The molecule has 1 aromatic carbocycles. The molecule has 182 valence electrons. The van der Waals surface area contributed by atoms with Crippen molar-refractivity contribution in [1.29, 1.82) is 0 Å². The first-order valence-electron chi connectivity index (χ1n) is 11.7. The summed E-state index contributed by atoms with van der Waals surface area (Å²) in [5.41, 5.74) is 3.33. The normalized spacial score (nSPS) is 17.0. The standard InChI is InChI=1S/C27H36N4O3/c1-18-13-14-22-23(20(18)3)29-24(19(2)11-8-7-9-16-32)30-25(22)31-15-10-12-21(17-31)28-26(33)34-27(4,5)6/h7-9,11,13-14,21,32H,2,10,12,15-17H2,1,3-6H3,(H,28,33)/b9-7-,11-8-. The maximum Gasteiger partial charge on any atom is 0.407 e. The number of nitrogens with zero attached hydrogens (tertiary/aromatic N) is 3. The fourth-order valence-corrected chi connectivity index (χ4v) is 3.95. The van der Waals surface area contributed by atoms with Gasteiger partial charge in [-0.05, 0) is 64.7 Å². The van der Waals surface area contributed by atoms with Crippen LogP contribution in [0.1, 0.15) is 50.6 Å². The average molecular weight is 465 g/mol. The summed E-state index contributed by atoms with van der Waals surface area (Å²) in [6.45, 7) is 15.4. The minimum Gasteiger partial charge on any atom is -0.444 e. The summed E-state index contributed by atoms with van der Waals surface area (Å²) < 4.78 is 5.45. The zero-order valence-corrected chi connectivity index (χ0v) is 20.9. The molecule has 2 N–H and O–H groups in total. The second kappa shape index (κ2) is 10.8. The van der Waals surface area contributed by atoms with Gasteiger partial charge in [-0.15, -0.1) is 0 Å². The Kier molecular flexibility index (Phi) is 8.10. The highest BCUT2D eigenvalue weighted by molar-refractivity contribution is 5.93. The Morgan fingerprint density at radius 3 is 2.76 bits per heavy atom. The van der Waals surface area contributed by atoms with Crippen LogP contribution >= 0.6 is 0 Å². The van der Waals surface area contributed by atoms with Crippen LogP contribution in [0.25, 0.3) is 16.5 Å². The number of carbonyl (C=O) groups is 1. The van der Waals surface area contributed by atoms with Gasteiger partial charge < -0.3 is 20.1 Å². The summed E-state index contributed by atoms with van der Waals surface area (Å²) in [6.07, 6.45) is 8.49. The van der Waals surface area contributed by atoms with Gasteiger partial charge in [0.05, 0.1) is 12.1 Å². The van der Waals surface area contributed by atoms with E-state index >= 15 is 0 Å². The summed E-state index contributed by atoms with van der Waals surface area (Å²) >= 11 is 0. The molecule has 0 aliphatic carbocycles. The van der Waals surface area contributed by atoms with E-state index < -0.39 is 11.7 Å². The van der Waals surface area contributed by atoms with Crippen molar-refractivity contribution in [1.82, 2.24) is 15.3 Å². The molecule has 1 unspecified atom stereocenters. The lowest BCUT2D eigenvalue weighted by atomic mass is 10.0. The van der Waals surface area contributed by atoms with Crippen LogP contribution in [0.5, 0.6) is 0 Å². The summed E-state index contributed by atoms with van der Waals surface area (Å²) in [5.74, 6) is 1.41. The van der Waals surface area contributed by atoms with Crippen molar-refractivity contribution >= 4 is 28.4 Å². The number of ether oxygens (including phenoxy) is 1. The number of aryl methyl sites for hydroxylation is 2. The van der Waals surface area contributed by atoms with Crippen molar-refractivity contribution in [3.63, 3.8) is 0 Å². The van der Waals surface area contributed by atoms with Crippen molar-refractivity contribution in [2.45, 2.75) is 59.1 Å². The van der Waals surface area contributed by atoms with Crippen molar-refractivity contribution in [3.05, 3.63) is 60.0 Å². The van der Waals surface area contributed by atoms with Gasteiger partial charge in [0, 0.05) is 30.1 Å². The van der Waals surface area contributed by atoms with Gasteiger partial charge in [-0.1, -0.05) is 36.9 Å². The first kappa shape index (κ1) is 25.4. The monoisotopic (exact) mass is 464 g/mol. The Morgan fingerprint density at radius 2 is 2.06 bits per heavy atom.